The lowest BCUT2D eigenvalue weighted by molar-refractivity contribution is -0.142. The van der Waals surface area contributed by atoms with Crippen LogP contribution in [0.4, 0.5) is 32.0 Å². The molecule has 0 atom stereocenters. The van der Waals surface area contributed by atoms with E-state index in [0.717, 1.165) is 42.5 Å². The molecule has 12 heteroatoms. The highest BCUT2D eigenvalue weighted by molar-refractivity contribution is 5.95. The van der Waals surface area contributed by atoms with Crippen LogP contribution in [0.5, 0.6) is 5.75 Å². The monoisotopic (exact) mass is 491 g/mol. The van der Waals surface area contributed by atoms with Gasteiger partial charge in [0.05, 0.1) is 23.4 Å². The molecule has 0 aliphatic rings. The lowest BCUT2D eigenvalue weighted by atomic mass is 10.1. The quantitative estimate of drug-likeness (QED) is 0.233. The first-order valence-electron chi connectivity index (χ1n) is 9.55. The average molecular weight is 491 g/mol. The summed E-state index contributed by atoms with van der Waals surface area (Å²) in [6.07, 6.45) is -7.10. The van der Waals surface area contributed by atoms with Crippen LogP contribution in [-0.4, -0.2) is 38.8 Å². The molecule has 0 saturated heterocycles. The van der Waals surface area contributed by atoms with Crippen molar-refractivity contribution in [1.82, 2.24) is 0 Å². The number of hydrogen-bond acceptors (Lipinski definition) is 5. The highest BCUT2D eigenvalue weighted by Crippen LogP contribution is 2.35. The zero-order chi connectivity index (χ0) is 25.4. The lowest BCUT2D eigenvalue weighted by Gasteiger charge is -2.15. The molecule has 0 unspecified atom stereocenters. The molecule has 0 fully saturated rings. The maximum absolute atomic E-state index is 13.0. The van der Waals surface area contributed by atoms with Crippen molar-refractivity contribution in [2.75, 3.05) is 32.2 Å². The van der Waals surface area contributed by atoms with Gasteiger partial charge in [0, 0.05) is 13.2 Å². The summed E-state index contributed by atoms with van der Waals surface area (Å²) in [6.45, 7) is -0.671. The summed E-state index contributed by atoms with van der Waals surface area (Å²) in [5.74, 6) is -1.98. The largest absolute Gasteiger partial charge is 0.489 e. The Bertz CT molecular complexity index is 1020. The summed E-state index contributed by atoms with van der Waals surface area (Å²) in [5, 5.41) is 2.19. The second kappa shape index (κ2) is 11.5. The Kier molecular flexibility index (Phi) is 9.07. The van der Waals surface area contributed by atoms with Crippen molar-refractivity contribution >= 4 is 23.6 Å². The van der Waals surface area contributed by atoms with Gasteiger partial charge in [-0.3, -0.25) is 4.79 Å². The number of nitrogens with one attached hydrogen (secondary N) is 1. The Morgan fingerprint density at radius 1 is 0.912 bits per heavy atom. The molecule has 0 aromatic heterocycles. The number of alkyl halides is 6. The number of esters is 1. The number of carbonyl (C=O) groups excluding carboxylic acids is 2. The smallest absolute Gasteiger partial charge is 0.416 e. The predicted octanol–water partition coefficient (Wildman–Crippen LogP) is 4.94. The van der Waals surface area contributed by atoms with Crippen LogP contribution in [-0.2, 0) is 31.4 Å². The summed E-state index contributed by atoms with van der Waals surface area (Å²) in [6, 6.07) is 6.43. The zero-order valence-corrected chi connectivity index (χ0v) is 17.6. The van der Waals surface area contributed by atoms with Crippen molar-refractivity contribution < 1.29 is 50.1 Å². The third kappa shape index (κ3) is 8.43. The van der Waals surface area contributed by atoms with Crippen molar-refractivity contribution in [1.29, 1.82) is 0 Å². The Morgan fingerprint density at radius 2 is 1.53 bits per heavy atom. The van der Waals surface area contributed by atoms with Gasteiger partial charge in [0.2, 0.25) is 0 Å². The number of rotatable bonds is 9. The van der Waals surface area contributed by atoms with Crippen LogP contribution in [0, 0.1) is 0 Å². The molecule has 1 N–H and O–H groups in total. The Labute approximate surface area is 190 Å². The van der Waals surface area contributed by atoms with Crippen LogP contribution in [0.2, 0.25) is 0 Å². The van der Waals surface area contributed by atoms with E-state index in [1.807, 2.05) is 0 Å². The molecule has 0 spiro atoms. The molecule has 0 aliphatic carbocycles. The molecule has 2 rings (SSSR count). The minimum atomic E-state index is -4.67. The second-order valence-electron chi connectivity index (χ2n) is 6.66. The van der Waals surface area contributed by atoms with E-state index < -0.39 is 42.0 Å². The zero-order valence-electron chi connectivity index (χ0n) is 17.6. The van der Waals surface area contributed by atoms with Crippen LogP contribution in [0.25, 0.3) is 6.08 Å². The van der Waals surface area contributed by atoms with E-state index >= 15 is 0 Å². The molecule has 0 heterocycles. The number of amides is 1. The lowest BCUT2D eigenvalue weighted by Crippen LogP contribution is -2.21. The molecule has 0 bridgehead atoms. The molecule has 6 nitrogen and oxygen atoms in total. The van der Waals surface area contributed by atoms with Gasteiger partial charge in [-0.15, -0.1) is 0 Å². The van der Waals surface area contributed by atoms with Gasteiger partial charge in [-0.05, 0) is 42.0 Å². The van der Waals surface area contributed by atoms with Crippen molar-refractivity contribution in [2.24, 2.45) is 0 Å². The van der Waals surface area contributed by atoms with Crippen LogP contribution < -0.4 is 10.1 Å². The topological polar surface area (TPSA) is 73.9 Å². The average Bonchev–Trinajstić information content (AvgIpc) is 2.76. The first-order chi connectivity index (χ1) is 15.9. The van der Waals surface area contributed by atoms with Gasteiger partial charge in [-0.1, -0.05) is 12.1 Å². The van der Waals surface area contributed by atoms with Gasteiger partial charge in [-0.2, -0.15) is 26.3 Å². The summed E-state index contributed by atoms with van der Waals surface area (Å²) >= 11 is 0. The number of ether oxygens (including phenoxy) is 3. The van der Waals surface area contributed by atoms with Gasteiger partial charge < -0.3 is 19.5 Å². The van der Waals surface area contributed by atoms with Gasteiger partial charge in [0.15, 0.2) is 6.61 Å². The van der Waals surface area contributed by atoms with E-state index in [1.165, 1.54) is 13.2 Å². The number of halogens is 6. The highest BCUT2D eigenvalue weighted by Gasteiger charge is 2.31. The predicted molar refractivity (Wildman–Crippen MR) is 109 cm³/mol. The maximum atomic E-state index is 13.0. The Hall–Kier alpha value is -3.54. The summed E-state index contributed by atoms with van der Waals surface area (Å²) < 4.78 is 91.4. The summed E-state index contributed by atoms with van der Waals surface area (Å²) in [5.41, 5.74) is -1.90. The fourth-order valence-electron chi connectivity index (χ4n) is 2.48. The van der Waals surface area contributed by atoms with Crippen molar-refractivity contribution in [3.8, 4) is 5.75 Å². The summed E-state index contributed by atoms with van der Waals surface area (Å²) in [4.78, 5) is 23.9. The number of carbonyl (C=O) groups is 2. The number of hydrogen-bond donors (Lipinski definition) is 1. The fourth-order valence-corrected chi connectivity index (χ4v) is 2.48. The van der Waals surface area contributed by atoms with Gasteiger partial charge in [-0.25, -0.2) is 4.79 Å². The van der Waals surface area contributed by atoms with Crippen LogP contribution in [0.15, 0.2) is 48.5 Å². The molecule has 0 aliphatic heterocycles. The third-order valence-corrected chi connectivity index (χ3v) is 4.12. The molecule has 184 valence electrons. The number of benzene rings is 2. The maximum Gasteiger partial charge on any atom is 0.416 e. The molecule has 0 radical (unpaired) electrons. The van der Waals surface area contributed by atoms with E-state index in [1.54, 1.807) is 0 Å². The minimum Gasteiger partial charge on any atom is -0.489 e. The normalized spacial score (nSPS) is 12.0. The summed E-state index contributed by atoms with van der Waals surface area (Å²) in [7, 11) is 1.40. The van der Waals surface area contributed by atoms with Crippen LogP contribution >= 0.6 is 0 Å². The number of anilines is 1. The molecule has 34 heavy (non-hydrogen) atoms. The molecular formula is C22H19F6NO5. The number of methoxy groups -OCH3 is 1. The van der Waals surface area contributed by atoms with Crippen LogP contribution in [0.1, 0.15) is 16.7 Å². The van der Waals surface area contributed by atoms with Gasteiger partial charge in [0.25, 0.3) is 5.91 Å². The van der Waals surface area contributed by atoms with E-state index in [0.29, 0.717) is 6.07 Å². The Morgan fingerprint density at radius 3 is 2.12 bits per heavy atom. The first kappa shape index (κ1) is 26.7. The SMILES string of the molecule is COCCOc1ccc(C(F)(F)F)cc1NC(=O)COC(=O)/C=C/c1ccc(C(F)(F)F)cc1. The molecule has 2 aromatic carbocycles. The molecule has 1 amide bonds. The van der Waals surface area contributed by atoms with E-state index in [2.05, 4.69) is 5.32 Å². The van der Waals surface area contributed by atoms with Crippen LogP contribution in [0.3, 0.4) is 0 Å². The highest BCUT2D eigenvalue weighted by atomic mass is 19.4. The molecular weight excluding hydrogens is 472 g/mol. The van der Waals surface area contributed by atoms with E-state index in [-0.39, 0.29) is 30.2 Å². The van der Waals surface area contributed by atoms with Gasteiger partial charge in [0.1, 0.15) is 12.4 Å². The van der Waals surface area contributed by atoms with E-state index in [4.69, 9.17) is 14.2 Å². The van der Waals surface area contributed by atoms with E-state index in [9.17, 15) is 35.9 Å². The van der Waals surface area contributed by atoms with Crippen molar-refractivity contribution in [3.63, 3.8) is 0 Å². The van der Waals surface area contributed by atoms with Gasteiger partial charge >= 0.3 is 18.3 Å². The van der Waals surface area contributed by atoms with Crippen molar-refractivity contribution in [3.05, 3.63) is 65.2 Å². The molecule has 0 saturated carbocycles. The fraction of sp³-hybridized carbons (Fsp3) is 0.273. The molecule has 2 aromatic rings. The first-order valence-corrected chi connectivity index (χ1v) is 9.55. The Balaban J connectivity index is 1.97. The minimum absolute atomic E-state index is 0.00840. The third-order valence-electron chi connectivity index (χ3n) is 4.12. The standard InChI is InChI=1S/C22H19F6NO5/c1-32-10-11-33-18-8-7-16(22(26,27)28)12-17(18)29-19(30)13-34-20(31)9-4-14-2-5-15(6-3-14)21(23,24)25/h2-9,12H,10-11,13H2,1H3,(H,29,30)/b9-4+. The van der Waals surface area contributed by atoms with Crippen molar-refractivity contribution in [2.45, 2.75) is 12.4 Å². The second-order valence-corrected chi connectivity index (χ2v) is 6.66.